The van der Waals surface area contributed by atoms with Crippen LogP contribution in [-0.4, -0.2) is 40.9 Å². The van der Waals surface area contributed by atoms with Crippen LogP contribution in [-0.2, 0) is 6.54 Å². The summed E-state index contributed by atoms with van der Waals surface area (Å²) in [6, 6.07) is 8.44. The number of fused-ring (bicyclic) bond motifs is 1. The molecule has 1 aromatic carbocycles. The van der Waals surface area contributed by atoms with Crippen LogP contribution >= 0.6 is 12.2 Å². The Morgan fingerprint density at radius 1 is 1.17 bits per heavy atom. The summed E-state index contributed by atoms with van der Waals surface area (Å²) in [7, 11) is 0. The number of thiocarbonyl (C=S) groups is 1. The van der Waals surface area contributed by atoms with E-state index >= 15 is 0 Å². The van der Waals surface area contributed by atoms with Gasteiger partial charge in [0.1, 0.15) is 19.0 Å². The van der Waals surface area contributed by atoms with Crippen molar-refractivity contribution >= 4 is 29.1 Å². The molecule has 154 valence electrons. The van der Waals surface area contributed by atoms with E-state index in [2.05, 4.69) is 27.4 Å². The summed E-state index contributed by atoms with van der Waals surface area (Å²) < 4.78 is 11.2. The largest absolute Gasteiger partial charge is 0.486 e. The summed E-state index contributed by atoms with van der Waals surface area (Å²) in [5, 5.41) is 6.83. The fourth-order valence-corrected chi connectivity index (χ4v) is 3.88. The van der Waals surface area contributed by atoms with Crippen molar-refractivity contribution in [2.45, 2.75) is 45.7 Å². The second-order valence-electron chi connectivity index (χ2n) is 7.52. The van der Waals surface area contributed by atoms with Crippen LogP contribution < -0.4 is 25.0 Å². The Balaban J connectivity index is 1.38. The lowest BCUT2D eigenvalue weighted by molar-refractivity contribution is 0.171. The molecule has 0 aliphatic carbocycles. The van der Waals surface area contributed by atoms with Crippen molar-refractivity contribution < 1.29 is 9.47 Å². The third kappa shape index (κ3) is 4.87. The zero-order valence-electron chi connectivity index (χ0n) is 16.9. The normalized spacial score (nSPS) is 18.3. The first-order chi connectivity index (χ1) is 14.1. The Labute approximate surface area is 176 Å². The molecule has 4 rings (SSSR count). The van der Waals surface area contributed by atoms with E-state index in [-0.39, 0.29) is 0 Å². The minimum atomic E-state index is 0.489. The molecule has 0 bridgehead atoms. The van der Waals surface area contributed by atoms with E-state index in [4.69, 9.17) is 26.7 Å². The molecule has 2 aliphatic rings. The number of piperidine rings is 1. The monoisotopic (exact) mass is 413 g/mol. The van der Waals surface area contributed by atoms with Crippen LogP contribution in [0.5, 0.6) is 11.5 Å². The Morgan fingerprint density at radius 2 is 2.00 bits per heavy atom. The van der Waals surface area contributed by atoms with Crippen molar-refractivity contribution in [1.82, 2.24) is 15.3 Å². The van der Waals surface area contributed by atoms with Gasteiger partial charge in [-0.25, -0.2) is 4.98 Å². The average Bonchev–Trinajstić information content (AvgIpc) is 2.72. The van der Waals surface area contributed by atoms with E-state index in [1.165, 1.54) is 19.3 Å². The van der Waals surface area contributed by atoms with E-state index in [0.29, 0.717) is 36.9 Å². The molecule has 2 aliphatic heterocycles. The highest BCUT2D eigenvalue weighted by Crippen LogP contribution is 2.30. The molecule has 29 heavy (non-hydrogen) atoms. The molecule has 2 N–H and O–H groups in total. The first-order valence-electron chi connectivity index (χ1n) is 10.1. The van der Waals surface area contributed by atoms with Gasteiger partial charge in [-0.2, -0.15) is 4.98 Å². The van der Waals surface area contributed by atoms with Gasteiger partial charge in [0.15, 0.2) is 16.6 Å². The lowest BCUT2D eigenvalue weighted by Gasteiger charge is -2.34. The summed E-state index contributed by atoms with van der Waals surface area (Å²) in [5.74, 6) is 3.05. The molecule has 0 saturated carbocycles. The van der Waals surface area contributed by atoms with E-state index < -0.39 is 0 Å². The van der Waals surface area contributed by atoms with Gasteiger partial charge in [0, 0.05) is 30.9 Å². The molecule has 8 heteroatoms. The molecule has 0 spiro atoms. The van der Waals surface area contributed by atoms with Gasteiger partial charge < -0.3 is 25.0 Å². The van der Waals surface area contributed by atoms with Gasteiger partial charge >= 0.3 is 0 Å². The molecular weight excluding hydrogens is 386 g/mol. The first-order valence-corrected chi connectivity index (χ1v) is 10.5. The Bertz CT molecular complexity index is 891. The van der Waals surface area contributed by atoms with Crippen molar-refractivity contribution in [2.75, 3.05) is 30.0 Å². The van der Waals surface area contributed by atoms with Crippen LogP contribution in [0.25, 0.3) is 0 Å². The Morgan fingerprint density at radius 3 is 2.83 bits per heavy atom. The van der Waals surface area contributed by atoms with E-state index in [1.54, 1.807) is 0 Å². The van der Waals surface area contributed by atoms with Crippen molar-refractivity contribution in [3.63, 3.8) is 0 Å². The Hall–Kier alpha value is -2.61. The van der Waals surface area contributed by atoms with E-state index in [1.807, 2.05) is 31.2 Å². The number of hydrogen-bond acceptors (Lipinski definition) is 6. The molecular formula is C21H27N5O2S. The summed E-state index contributed by atoms with van der Waals surface area (Å²) in [5.41, 5.74) is 1.98. The quantitative estimate of drug-likeness (QED) is 0.739. The highest BCUT2D eigenvalue weighted by Gasteiger charge is 2.20. The van der Waals surface area contributed by atoms with Crippen LogP contribution in [0, 0.1) is 6.92 Å². The van der Waals surface area contributed by atoms with Crippen molar-refractivity contribution in [3.8, 4) is 11.5 Å². The van der Waals surface area contributed by atoms with Crippen molar-refractivity contribution in [1.29, 1.82) is 0 Å². The lowest BCUT2D eigenvalue weighted by Crippen LogP contribution is -2.38. The predicted molar refractivity (Wildman–Crippen MR) is 118 cm³/mol. The summed E-state index contributed by atoms with van der Waals surface area (Å²) >= 11 is 5.45. The first kappa shape index (κ1) is 19.7. The molecule has 1 fully saturated rings. The minimum Gasteiger partial charge on any atom is -0.486 e. The molecule has 2 aromatic rings. The zero-order chi connectivity index (χ0) is 20.2. The van der Waals surface area contributed by atoms with Gasteiger partial charge in [-0.1, -0.05) is 6.07 Å². The molecule has 0 amide bonds. The summed E-state index contributed by atoms with van der Waals surface area (Å²) in [6.45, 7) is 7.01. The summed E-state index contributed by atoms with van der Waals surface area (Å²) in [4.78, 5) is 11.5. The molecule has 1 aromatic heterocycles. The average molecular weight is 414 g/mol. The summed E-state index contributed by atoms with van der Waals surface area (Å²) in [6.07, 6.45) is 3.67. The number of aryl methyl sites for hydroxylation is 1. The fraction of sp³-hybridized carbons (Fsp3) is 0.476. The Kier molecular flexibility index (Phi) is 5.99. The van der Waals surface area contributed by atoms with E-state index in [0.717, 1.165) is 35.1 Å². The number of benzene rings is 1. The van der Waals surface area contributed by atoms with Crippen LogP contribution in [0.4, 0.5) is 11.8 Å². The maximum Gasteiger partial charge on any atom is 0.231 e. The standard InChI is InChI=1S/C21H27N5O2S/c1-14-11-19(26-8-4-3-5-15(26)2)24-20(23-14)25-21(29)22-13-16-6-7-17-18(12-16)28-10-9-27-17/h6-7,11-12,15H,3-5,8-10,13H2,1-2H3,(H2,22,23,24,25,29)/t15-/m0/s1. The number of aromatic nitrogens is 2. The molecule has 3 heterocycles. The topological polar surface area (TPSA) is 71.5 Å². The number of anilines is 2. The molecule has 0 radical (unpaired) electrons. The van der Waals surface area contributed by atoms with E-state index in [9.17, 15) is 0 Å². The molecule has 1 saturated heterocycles. The number of rotatable bonds is 4. The highest BCUT2D eigenvalue weighted by atomic mass is 32.1. The van der Waals surface area contributed by atoms with Gasteiger partial charge in [0.05, 0.1) is 0 Å². The van der Waals surface area contributed by atoms with Crippen LogP contribution in [0.3, 0.4) is 0 Å². The lowest BCUT2D eigenvalue weighted by atomic mass is 10.0. The fourth-order valence-electron chi connectivity index (χ4n) is 3.72. The van der Waals surface area contributed by atoms with Crippen LogP contribution in [0.2, 0.25) is 0 Å². The maximum absolute atomic E-state index is 5.63. The molecule has 7 nitrogen and oxygen atoms in total. The number of nitrogens with zero attached hydrogens (tertiary/aromatic N) is 3. The van der Waals surface area contributed by atoms with Gasteiger partial charge in [0.25, 0.3) is 0 Å². The SMILES string of the molecule is Cc1cc(N2CCCC[C@@H]2C)nc(NC(=S)NCc2ccc3c(c2)OCCO3)n1. The second kappa shape index (κ2) is 8.82. The third-order valence-corrected chi connectivity index (χ3v) is 5.47. The smallest absolute Gasteiger partial charge is 0.231 e. The number of hydrogen-bond donors (Lipinski definition) is 2. The van der Waals surface area contributed by atoms with Gasteiger partial charge in [-0.3, -0.25) is 0 Å². The van der Waals surface area contributed by atoms with Gasteiger partial charge in [-0.05, 0) is 63.0 Å². The molecule has 1 atom stereocenters. The van der Waals surface area contributed by atoms with Crippen LogP contribution in [0.1, 0.15) is 37.4 Å². The zero-order valence-corrected chi connectivity index (χ0v) is 17.7. The van der Waals surface area contributed by atoms with Gasteiger partial charge in [-0.15, -0.1) is 0 Å². The number of nitrogens with one attached hydrogen (secondary N) is 2. The van der Waals surface area contributed by atoms with Crippen LogP contribution in [0.15, 0.2) is 24.3 Å². The number of ether oxygens (including phenoxy) is 2. The molecule has 0 unspecified atom stereocenters. The highest BCUT2D eigenvalue weighted by molar-refractivity contribution is 7.80. The maximum atomic E-state index is 5.63. The van der Waals surface area contributed by atoms with Crippen molar-refractivity contribution in [2.24, 2.45) is 0 Å². The third-order valence-electron chi connectivity index (χ3n) is 5.22. The second-order valence-corrected chi connectivity index (χ2v) is 7.92. The predicted octanol–water partition coefficient (Wildman–Crippen LogP) is 3.42. The van der Waals surface area contributed by atoms with Gasteiger partial charge in [0.2, 0.25) is 5.95 Å². The minimum absolute atomic E-state index is 0.489. The van der Waals surface area contributed by atoms with Crippen molar-refractivity contribution in [3.05, 3.63) is 35.5 Å².